The fraction of sp³-hybridized carbons (Fsp3) is 0.455. The van der Waals surface area contributed by atoms with Crippen LogP contribution in [0.3, 0.4) is 0 Å². The number of hydrogen-bond acceptors (Lipinski definition) is 3. The summed E-state index contributed by atoms with van der Waals surface area (Å²) in [6.45, 7) is 1.46. The van der Waals surface area contributed by atoms with E-state index >= 15 is 0 Å². The van der Waals surface area contributed by atoms with E-state index in [-0.39, 0.29) is 6.04 Å². The van der Waals surface area contributed by atoms with E-state index in [9.17, 15) is 5.11 Å². The lowest BCUT2D eigenvalue weighted by atomic mass is 9.67. The Kier molecular flexibility index (Phi) is 4.78. The molecular formula is C22H27NO2. The van der Waals surface area contributed by atoms with Crippen molar-refractivity contribution in [3.8, 4) is 5.75 Å². The van der Waals surface area contributed by atoms with Crippen molar-refractivity contribution in [3.05, 3.63) is 65.7 Å². The first kappa shape index (κ1) is 16.6. The first-order chi connectivity index (χ1) is 12.2. The molecule has 0 unspecified atom stereocenters. The molecule has 0 radical (unpaired) electrons. The van der Waals surface area contributed by atoms with Gasteiger partial charge in [-0.1, -0.05) is 55.3 Å². The molecule has 132 valence electrons. The molecule has 1 saturated heterocycles. The summed E-state index contributed by atoms with van der Waals surface area (Å²) in [5.41, 5.74) is 1.91. The molecule has 25 heavy (non-hydrogen) atoms. The van der Waals surface area contributed by atoms with Crippen LogP contribution in [0.2, 0.25) is 0 Å². The van der Waals surface area contributed by atoms with Gasteiger partial charge < -0.3 is 15.2 Å². The van der Waals surface area contributed by atoms with E-state index in [1.54, 1.807) is 0 Å². The quantitative estimate of drug-likeness (QED) is 0.877. The highest BCUT2D eigenvalue weighted by molar-refractivity contribution is 5.32. The van der Waals surface area contributed by atoms with Gasteiger partial charge in [0.2, 0.25) is 0 Å². The van der Waals surface area contributed by atoms with E-state index in [2.05, 4.69) is 35.6 Å². The van der Waals surface area contributed by atoms with Crippen molar-refractivity contribution >= 4 is 0 Å². The largest absolute Gasteiger partial charge is 0.489 e. The van der Waals surface area contributed by atoms with Gasteiger partial charge in [-0.2, -0.15) is 0 Å². The Bertz CT molecular complexity index is 698. The van der Waals surface area contributed by atoms with E-state index in [4.69, 9.17) is 4.74 Å². The van der Waals surface area contributed by atoms with Gasteiger partial charge in [0.15, 0.2) is 0 Å². The summed E-state index contributed by atoms with van der Waals surface area (Å²) in [7, 11) is 0. The molecule has 3 atom stereocenters. The van der Waals surface area contributed by atoms with Gasteiger partial charge >= 0.3 is 0 Å². The van der Waals surface area contributed by atoms with E-state index in [0.29, 0.717) is 12.5 Å². The summed E-state index contributed by atoms with van der Waals surface area (Å²) in [5, 5.41) is 14.7. The van der Waals surface area contributed by atoms with Gasteiger partial charge in [-0.05, 0) is 49.1 Å². The molecule has 2 aliphatic rings. The normalized spacial score (nSPS) is 29.0. The average Bonchev–Trinajstić information content (AvgIpc) is 2.66. The average molecular weight is 337 g/mol. The molecular weight excluding hydrogens is 310 g/mol. The Morgan fingerprint density at radius 3 is 2.80 bits per heavy atom. The molecule has 1 saturated carbocycles. The molecule has 1 heterocycles. The van der Waals surface area contributed by atoms with Gasteiger partial charge in [0.25, 0.3) is 0 Å². The van der Waals surface area contributed by atoms with E-state index in [1.165, 1.54) is 17.5 Å². The SMILES string of the molecule is O[C@]12CCCC[C@H]1[C@H](c1cccc(OCc3ccccc3)c1)NCC2. The lowest BCUT2D eigenvalue weighted by Crippen LogP contribution is -2.53. The molecule has 2 N–H and O–H groups in total. The summed E-state index contributed by atoms with van der Waals surface area (Å²) < 4.78 is 5.99. The maximum atomic E-state index is 11.1. The summed E-state index contributed by atoms with van der Waals surface area (Å²) >= 11 is 0. The molecule has 0 bridgehead atoms. The van der Waals surface area contributed by atoms with Crippen LogP contribution in [-0.4, -0.2) is 17.3 Å². The van der Waals surface area contributed by atoms with Crippen LogP contribution >= 0.6 is 0 Å². The van der Waals surface area contributed by atoms with Crippen LogP contribution in [-0.2, 0) is 6.61 Å². The number of benzene rings is 2. The van der Waals surface area contributed by atoms with E-state index in [0.717, 1.165) is 38.0 Å². The third-order valence-corrected chi connectivity index (χ3v) is 5.86. The number of piperidine rings is 1. The smallest absolute Gasteiger partial charge is 0.120 e. The predicted molar refractivity (Wildman–Crippen MR) is 99.5 cm³/mol. The van der Waals surface area contributed by atoms with Crippen molar-refractivity contribution in [2.24, 2.45) is 5.92 Å². The Labute approximate surface area is 150 Å². The minimum atomic E-state index is -0.491. The lowest BCUT2D eigenvalue weighted by Gasteiger charge is -2.48. The van der Waals surface area contributed by atoms with Crippen LogP contribution in [0.5, 0.6) is 5.75 Å². The Hall–Kier alpha value is -1.84. The molecule has 1 aliphatic carbocycles. The molecule has 0 spiro atoms. The minimum Gasteiger partial charge on any atom is -0.489 e. The zero-order chi connectivity index (χ0) is 17.1. The highest BCUT2D eigenvalue weighted by Gasteiger charge is 2.45. The maximum Gasteiger partial charge on any atom is 0.120 e. The van der Waals surface area contributed by atoms with Crippen molar-refractivity contribution in [2.75, 3.05) is 6.54 Å². The molecule has 2 fully saturated rings. The zero-order valence-electron chi connectivity index (χ0n) is 14.7. The Morgan fingerprint density at radius 2 is 1.92 bits per heavy atom. The maximum absolute atomic E-state index is 11.1. The van der Waals surface area contributed by atoms with Crippen LogP contribution in [0.4, 0.5) is 0 Å². The monoisotopic (exact) mass is 337 g/mol. The van der Waals surface area contributed by atoms with Gasteiger partial charge in [0.1, 0.15) is 12.4 Å². The summed E-state index contributed by atoms with van der Waals surface area (Å²) in [6, 6.07) is 18.8. The number of ether oxygens (including phenoxy) is 1. The van der Waals surface area contributed by atoms with Gasteiger partial charge in [-0.3, -0.25) is 0 Å². The number of hydrogen-bond donors (Lipinski definition) is 2. The fourth-order valence-electron chi connectivity index (χ4n) is 4.51. The summed E-state index contributed by atoms with van der Waals surface area (Å²) in [4.78, 5) is 0. The van der Waals surface area contributed by atoms with Crippen LogP contribution < -0.4 is 10.1 Å². The lowest BCUT2D eigenvalue weighted by molar-refractivity contribution is -0.0861. The minimum absolute atomic E-state index is 0.222. The third-order valence-electron chi connectivity index (χ3n) is 5.86. The number of aliphatic hydroxyl groups is 1. The molecule has 0 amide bonds. The number of fused-ring (bicyclic) bond motifs is 1. The second-order valence-electron chi connectivity index (χ2n) is 7.48. The first-order valence-corrected chi connectivity index (χ1v) is 9.47. The Balaban J connectivity index is 1.50. The molecule has 0 aromatic heterocycles. The van der Waals surface area contributed by atoms with Gasteiger partial charge in [-0.25, -0.2) is 0 Å². The number of rotatable bonds is 4. The highest BCUT2D eigenvalue weighted by atomic mass is 16.5. The topological polar surface area (TPSA) is 41.5 Å². The third kappa shape index (κ3) is 3.58. The predicted octanol–water partition coefficient (Wildman–Crippen LogP) is 4.22. The zero-order valence-corrected chi connectivity index (χ0v) is 14.7. The molecule has 3 heteroatoms. The Morgan fingerprint density at radius 1 is 1.04 bits per heavy atom. The molecule has 2 aromatic rings. The molecule has 1 aliphatic heterocycles. The second-order valence-corrected chi connectivity index (χ2v) is 7.48. The van der Waals surface area contributed by atoms with Crippen molar-refractivity contribution in [1.29, 1.82) is 0 Å². The van der Waals surface area contributed by atoms with Crippen LogP contribution in [0, 0.1) is 5.92 Å². The van der Waals surface area contributed by atoms with E-state index in [1.807, 2.05) is 24.3 Å². The van der Waals surface area contributed by atoms with Crippen molar-refractivity contribution in [3.63, 3.8) is 0 Å². The standard InChI is InChI=1S/C22H27NO2/c24-22-12-5-4-11-20(22)21(23-14-13-22)18-9-6-10-19(15-18)25-16-17-7-2-1-3-8-17/h1-3,6-10,15,20-21,23-24H,4-5,11-14,16H2/t20-,21-,22-/m0/s1. The van der Waals surface area contributed by atoms with Crippen molar-refractivity contribution < 1.29 is 9.84 Å². The highest BCUT2D eigenvalue weighted by Crippen LogP contribution is 2.45. The van der Waals surface area contributed by atoms with Gasteiger partial charge in [0, 0.05) is 12.0 Å². The molecule has 3 nitrogen and oxygen atoms in total. The van der Waals surface area contributed by atoms with Gasteiger partial charge in [-0.15, -0.1) is 0 Å². The van der Waals surface area contributed by atoms with Crippen LogP contribution in [0.25, 0.3) is 0 Å². The van der Waals surface area contributed by atoms with Gasteiger partial charge in [0.05, 0.1) is 5.60 Å². The van der Waals surface area contributed by atoms with Crippen LogP contribution in [0.1, 0.15) is 49.3 Å². The number of nitrogens with one attached hydrogen (secondary N) is 1. The van der Waals surface area contributed by atoms with E-state index < -0.39 is 5.60 Å². The van der Waals surface area contributed by atoms with Crippen molar-refractivity contribution in [1.82, 2.24) is 5.32 Å². The summed E-state index contributed by atoms with van der Waals surface area (Å²) in [5.74, 6) is 1.20. The first-order valence-electron chi connectivity index (χ1n) is 9.47. The van der Waals surface area contributed by atoms with Crippen LogP contribution in [0.15, 0.2) is 54.6 Å². The summed E-state index contributed by atoms with van der Waals surface area (Å²) in [6.07, 6.45) is 5.29. The second kappa shape index (κ2) is 7.19. The fourth-order valence-corrected chi connectivity index (χ4v) is 4.51. The molecule has 2 aromatic carbocycles. The molecule has 4 rings (SSSR count). The van der Waals surface area contributed by atoms with Crippen molar-refractivity contribution in [2.45, 2.75) is 50.4 Å².